The number of halogens is 2. The molecule has 1 rings (SSSR count). The van der Waals surface area contributed by atoms with Gasteiger partial charge in [0.2, 0.25) is 0 Å². The van der Waals surface area contributed by atoms with E-state index in [4.69, 9.17) is 10.5 Å². The molecule has 0 radical (unpaired) electrons. The number of carbonyl (C=O) groups is 1. The fourth-order valence-corrected chi connectivity index (χ4v) is 1.52. The van der Waals surface area contributed by atoms with Crippen molar-refractivity contribution in [2.75, 3.05) is 0 Å². The lowest BCUT2D eigenvalue weighted by molar-refractivity contribution is -0.156. The van der Waals surface area contributed by atoms with Crippen LogP contribution in [0.4, 0.5) is 8.78 Å². The second-order valence-corrected chi connectivity index (χ2v) is 5.37. The molecule has 0 aliphatic heterocycles. The van der Waals surface area contributed by atoms with Crippen molar-refractivity contribution < 1.29 is 23.0 Å². The fourth-order valence-electron chi connectivity index (χ4n) is 1.52. The second kappa shape index (κ2) is 6.65. The van der Waals surface area contributed by atoms with Gasteiger partial charge in [-0.1, -0.05) is 12.1 Å². The SMILES string of the molecule is CC(C)(C)OC(=O)C(N)Cc1ccc(OC(F)F)cc1. The Morgan fingerprint density at radius 1 is 1.25 bits per heavy atom. The lowest BCUT2D eigenvalue weighted by Gasteiger charge is -2.22. The summed E-state index contributed by atoms with van der Waals surface area (Å²) in [5.41, 5.74) is 5.90. The first kappa shape index (κ1) is 16.4. The molecular formula is C14H19F2NO3. The van der Waals surface area contributed by atoms with E-state index in [-0.39, 0.29) is 12.2 Å². The Morgan fingerprint density at radius 2 is 1.80 bits per heavy atom. The fraction of sp³-hybridized carbons (Fsp3) is 0.500. The van der Waals surface area contributed by atoms with Crippen LogP contribution in [-0.2, 0) is 16.0 Å². The van der Waals surface area contributed by atoms with Crippen LogP contribution in [0.1, 0.15) is 26.3 Å². The quantitative estimate of drug-likeness (QED) is 0.845. The molecule has 0 amide bonds. The lowest BCUT2D eigenvalue weighted by Crippen LogP contribution is -2.38. The normalized spacial score (nSPS) is 13.2. The highest BCUT2D eigenvalue weighted by atomic mass is 19.3. The molecule has 20 heavy (non-hydrogen) atoms. The standard InChI is InChI=1S/C14H19F2NO3/c1-14(2,3)20-12(18)11(17)8-9-4-6-10(7-5-9)19-13(15)16/h4-7,11,13H,8,17H2,1-3H3. The maximum Gasteiger partial charge on any atom is 0.387 e. The maximum atomic E-state index is 12.0. The summed E-state index contributed by atoms with van der Waals surface area (Å²) in [7, 11) is 0. The van der Waals surface area contributed by atoms with E-state index in [9.17, 15) is 13.6 Å². The average molecular weight is 287 g/mol. The van der Waals surface area contributed by atoms with Gasteiger partial charge in [-0.2, -0.15) is 8.78 Å². The molecule has 0 aliphatic carbocycles. The van der Waals surface area contributed by atoms with Crippen LogP contribution in [0.15, 0.2) is 24.3 Å². The first-order valence-electron chi connectivity index (χ1n) is 6.19. The van der Waals surface area contributed by atoms with Crippen molar-refractivity contribution in [2.24, 2.45) is 5.73 Å². The molecule has 0 heterocycles. The number of hydrogen-bond acceptors (Lipinski definition) is 4. The average Bonchev–Trinajstić information content (AvgIpc) is 2.28. The first-order chi connectivity index (χ1) is 9.17. The third-order valence-electron chi connectivity index (χ3n) is 2.31. The molecule has 1 unspecified atom stereocenters. The molecule has 2 N–H and O–H groups in total. The summed E-state index contributed by atoms with van der Waals surface area (Å²) in [5.74, 6) is -0.431. The third kappa shape index (κ3) is 5.97. The number of carbonyl (C=O) groups excluding carboxylic acids is 1. The van der Waals surface area contributed by atoms with Gasteiger partial charge in [0.1, 0.15) is 17.4 Å². The van der Waals surface area contributed by atoms with Crippen molar-refractivity contribution in [1.29, 1.82) is 0 Å². The van der Waals surface area contributed by atoms with Crippen molar-refractivity contribution in [3.05, 3.63) is 29.8 Å². The topological polar surface area (TPSA) is 61.5 Å². The predicted octanol–water partition coefficient (Wildman–Crippen LogP) is 2.50. The Kier molecular flexibility index (Phi) is 5.44. The zero-order valence-corrected chi connectivity index (χ0v) is 11.7. The molecule has 0 aliphatic rings. The Labute approximate surface area is 116 Å². The van der Waals surface area contributed by atoms with Crippen molar-refractivity contribution in [3.63, 3.8) is 0 Å². The number of hydrogen-bond donors (Lipinski definition) is 1. The monoisotopic (exact) mass is 287 g/mol. The first-order valence-corrected chi connectivity index (χ1v) is 6.19. The van der Waals surface area contributed by atoms with Crippen LogP contribution in [0.5, 0.6) is 5.75 Å². The number of alkyl halides is 2. The van der Waals surface area contributed by atoms with Gasteiger partial charge < -0.3 is 15.2 Å². The third-order valence-corrected chi connectivity index (χ3v) is 2.31. The summed E-state index contributed by atoms with van der Waals surface area (Å²) in [4.78, 5) is 11.7. The van der Waals surface area contributed by atoms with Crippen LogP contribution in [0.3, 0.4) is 0 Å². The summed E-state index contributed by atoms with van der Waals surface area (Å²) >= 11 is 0. The van der Waals surface area contributed by atoms with Gasteiger partial charge in [-0.3, -0.25) is 4.79 Å². The lowest BCUT2D eigenvalue weighted by atomic mass is 10.1. The van der Waals surface area contributed by atoms with E-state index in [1.54, 1.807) is 32.9 Å². The number of benzene rings is 1. The summed E-state index contributed by atoms with van der Waals surface area (Å²) < 4.78 is 33.4. The molecule has 1 aromatic rings. The van der Waals surface area contributed by atoms with Gasteiger partial charge >= 0.3 is 12.6 Å². The van der Waals surface area contributed by atoms with Crippen molar-refractivity contribution in [2.45, 2.75) is 45.4 Å². The van der Waals surface area contributed by atoms with Crippen molar-refractivity contribution in [1.82, 2.24) is 0 Å². The van der Waals surface area contributed by atoms with Crippen LogP contribution < -0.4 is 10.5 Å². The number of rotatable bonds is 5. The summed E-state index contributed by atoms with van der Waals surface area (Å²) in [6.07, 6.45) is 0.268. The minimum absolute atomic E-state index is 0.0644. The molecule has 0 spiro atoms. The smallest absolute Gasteiger partial charge is 0.387 e. The minimum atomic E-state index is -2.86. The Balaban J connectivity index is 2.58. The zero-order valence-electron chi connectivity index (χ0n) is 11.7. The molecule has 0 fully saturated rings. The molecule has 0 saturated carbocycles. The molecule has 0 aromatic heterocycles. The van der Waals surface area contributed by atoms with Gasteiger partial charge in [-0.15, -0.1) is 0 Å². The van der Waals surface area contributed by atoms with Crippen LogP contribution in [-0.4, -0.2) is 24.2 Å². The van der Waals surface area contributed by atoms with Crippen LogP contribution in [0.25, 0.3) is 0 Å². The largest absolute Gasteiger partial charge is 0.459 e. The van der Waals surface area contributed by atoms with E-state index in [0.717, 1.165) is 5.56 Å². The van der Waals surface area contributed by atoms with E-state index in [0.29, 0.717) is 0 Å². The highest BCUT2D eigenvalue weighted by Crippen LogP contribution is 2.16. The van der Waals surface area contributed by atoms with E-state index >= 15 is 0 Å². The van der Waals surface area contributed by atoms with Gasteiger partial charge in [0.05, 0.1) is 0 Å². The van der Waals surface area contributed by atoms with E-state index in [1.807, 2.05) is 0 Å². The molecular weight excluding hydrogens is 268 g/mol. The van der Waals surface area contributed by atoms with Crippen LogP contribution >= 0.6 is 0 Å². The summed E-state index contributed by atoms with van der Waals surface area (Å²) in [5, 5.41) is 0. The minimum Gasteiger partial charge on any atom is -0.459 e. The number of ether oxygens (including phenoxy) is 2. The van der Waals surface area contributed by atoms with Gasteiger partial charge in [0.25, 0.3) is 0 Å². The Bertz CT molecular complexity index is 441. The number of nitrogens with two attached hydrogens (primary N) is 1. The van der Waals surface area contributed by atoms with Gasteiger partial charge in [0, 0.05) is 0 Å². The van der Waals surface area contributed by atoms with Gasteiger partial charge in [-0.05, 0) is 44.9 Å². The molecule has 4 nitrogen and oxygen atoms in total. The zero-order chi connectivity index (χ0) is 15.3. The van der Waals surface area contributed by atoms with Crippen molar-refractivity contribution in [3.8, 4) is 5.75 Å². The predicted molar refractivity (Wildman–Crippen MR) is 70.6 cm³/mol. The van der Waals surface area contributed by atoms with Gasteiger partial charge in [-0.25, -0.2) is 0 Å². The second-order valence-electron chi connectivity index (χ2n) is 5.37. The van der Waals surface area contributed by atoms with Crippen LogP contribution in [0.2, 0.25) is 0 Å². The molecule has 1 aromatic carbocycles. The maximum absolute atomic E-state index is 12.0. The molecule has 6 heteroatoms. The van der Waals surface area contributed by atoms with E-state index in [1.165, 1.54) is 12.1 Å². The highest BCUT2D eigenvalue weighted by molar-refractivity contribution is 5.76. The molecule has 0 saturated heterocycles. The van der Waals surface area contributed by atoms with E-state index in [2.05, 4.69) is 4.74 Å². The van der Waals surface area contributed by atoms with Crippen molar-refractivity contribution >= 4 is 5.97 Å². The van der Waals surface area contributed by atoms with E-state index < -0.39 is 24.2 Å². The highest BCUT2D eigenvalue weighted by Gasteiger charge is 2.22. The molecule has 112 valence electrons. The molecule has 0 bridgehead atoms. The summed E-state index contributed by atoms with van der Waals surface area (Å²) in [6.45, 7) is 2.42. The van der Waals surface area contributed by atoms with Gasteiger partial charge in [0.15, 0.2) is 0 Å². The van der Waals surface area contributed by atoms with Crippen LogP contribution in [0, 0.1) is 0 Å². The molecule has 1 atom stereocenters. The Morgan fingerprint density at radius 3 is 2.25 bits per heavy atom. The number of esters is 1. The summed E-state index contributed by atoms with van der Waals surface area (Å²) in [6, 6.07) is 5.19. The Hall–Kier alpha value is -1.69.